The molecule has 0 radical (unpaired) electrons. The van der Waals surface area contributed by atoms with Gasteiger partial charge < -0.3 is 15.4 Å². The number of nitrogens with two attached hydrogens (primary N) is 1. The van der Waals surface area contributed by atoms with Gasteiger partial charge in [-0.3, -0.25) is 9.59 Å². The predicted molar refractivity (Wildman–Crippen MR) is 96.1 cm³/mol. The molecule has 1 aliphatic carbocycles. The molecule has 2 fully saturated rings. The fourth-order valence-electron chi connectivity index (χ4n) is 4.36. The number of benzene rings is 1. The zero-order chi connectivity index (χ0) is 17.8. The van der Waals surface area contributed by atoms with Crippen LogP contribution in [0.5, 0.6) is 5.75 Å². The Balaban J connectivity index is 1.55. The second-order valence-electron chi connectivity index (χ2n) is 7.44. The number of fused-ring (bicyclic) bond motifs is 1. The summed E-state index contributed by atoms with van der Waals surface area (Å²) in [7, 11) is 0. The lowest BCUT2D eigenvalue weighted by atomic mass is 9.72. The summed E-state index contributed by atoms with van der Waals surface area (Å²) in [6.45, 7) is 3.25. The average Bonchev–Trinajstić information content (AvgIpc) is 2.61. The summed E-state index contributed by atoms with van der Waals surface area (Å²) in [6.07, 6.45) is 6.20. The van der Waals surface area contributed by atoms with Crippen LogP contribution in [-0.2, 0) is 16.0 Å². The van der Waals surface area contributed by atoms with E-state index < -0.39 is 0 Å². The topological polar surface area (TPSA) is 72.6 Å². The third-order valence-electron chi connectivity index (χ3n) is 5.72. The van der Waals surface area contributed by atoms with Crippen LogP contribution in [0.3, 0.4) is 0 Å². The van der Waals surface area contributed by atoms with Crippen LogP contribution in [0.1, 0.15) is 44.6 Å². The van der Waals surface area contributed by atoms with Gasteiger partial charge in [0.05, 0.1) is 6.42 Å². The van der Waals surface area contributed by atoms with Gasteiger partial charge in [-0.1, -0.05) is 31.9 Å². The third-order valence-corrected chi connectivity index (χ3v) is 5.72. The Kier molecular flexibility index (Phi) is 5.61. The molecule has 2 aliphatic rings. The summed E-state index contributed by atoms with van der Waals surface area (Å²) < 4.78 is 5.68. The average molecular weight is 344 g/mol. The molecule has 1 aromatic carbocycles. The van der Waals surface area contributed by atoms with Crippen LogP contribution in [-0.4, -0.2) is 35.9 Å². The normalized spacial score (nSPS) is 26.0. The van der Waals surface area contributed by atoms with E-state index in [1.54, 1.807) is 12.1 Å². The van der Waals surface area contributed by atoms with Crippen LogP contribution in [0.4, 0.5) is 0 Å². The van der Waals surface area contributed by atoms with Crippen LogP contribution in [0.25, 0.3) is 0 Å². The Bertz CT molecular complexity index is 614. The van der Waals surface area contributed by atoms with Gasteiger partial charge in [-0.2, -0.15) is 0 Å². The number of amides is 2. The Hall–Kier alpha value is -2.04. The van der Waals surface area contributed by atoms with Crippen LogP contribution in [0.2, 0.25) is 0 Å². The van der Waals surface area contributed by atoms with E-state index >= 15 is 0 Å². The first-order chi connectivity index (χ1) is 12.0. The quantitative estimate of drug-likeness (QED) is 0.892. The molecule has 0 aromatic heterocycles. The number of ether oxygens (including phenoxy) is 1. The van der Waals surface area contributed by atoms with E-state index in [0.29, 0.717) is 23.6 Å². The van der Waals surface area contributed by atoms with Crippen molar-refractivity contribution in [2.75, 3.05) is 13.2 Å². The molecule has 0 spiro atoms. The molecule has 3 atom stereocenters. The number of rotatable bonds is 5. The second-order valence-corrected chi connectivity index (χ2v) is 7.44. The van der Waals surface area contributed by atoms with Crippen LogP contribution in [0, 0.1) is 11.8 Å². The molecule has 1 saturated carbocycles. The highest BCUT2D eigenvalue weighted by atomic mass is 16.5. The molecule has 25 heavy (non-hydrogen) atoms. The minimum Gasteiger partial charge on any atom is -0.484 e. The minimum absolute atomic E-state index is 0.0762. The maximum atomic E-state index is 12.7. The molecule has 1 heterocycles. The monoisotopic (exact) mass is 344 g/mol. The fraction of sp³-hybridized carbons (Fsp3) is 0.600. The summed E-state index contributed by atoms with van der Waals surface area (Å²) >= 11 is 0. The van der Waals surface area contributed by atoms with Gasteiger partial charge in [0, 0.05) is 12.6 Å². The van der Waals surface area contributed by atoms with Gasteiger partial charge in [-0.05, 0) is 48.8 Å². The lowest BCUT2D eigenvalue weighted by Gasteiger charge is -2.47. The van der Waals surface area contributed by atoms with E-state index in [1.165, 1.54) is 19.3 Å². The number of piperidine rings is 1. The van der Waals surface area contributed by atoms with Gasteiger partial charge >= 0.3 is 0 Å². The lowest BCUT2D eigenvalue weighted by Crippen LogP contribution is -2.53. The zero-order valence-corrected chi connectivity index (χ0v) is 14.9. The third kappa shape index (κ3) is 4.33. The zero-order valence-electron chi connectivity index (χ0n) is 14.9. The van der Waals surface area contributed by atoms with Crippen molar-refractivity contribution in [3.8, 4) is 5.75 Å². The lowest BCUT2D eigenvalue weighted by molar-refractivity contribution is -0.141. The van der Waals surface area contributed by atoms with Gasteiger partial charge in [-0.25, -0.2) is 0 Å². The Morgan fingerprint density at radius 1 is 1.16 bits per heavy atom. The van der Waals surface area contributed by atoms with Crippen molar-refractivity contribution in [2.24, 2.45) is 17.6 Å². The number of primary amides is 1. The van der Waals surface area contributed by atoms with Crippen LogP contribution < -0.4 is 10.5 Å². The highest BCUT2D eigenvalue weighted by Gasteiger charge is 2.39. The van der Waals surface area contributed by atoms with Crippen molar-refractivity contribution in [1.82, 2.24) is 4.90 Å². The van der Waals surface area contributed by atoms with Gasteiger partial charge in [0.1, 0.15) is 5.75 Å². The SMILES string of the molecule is C[C@@H]1CCN(C(=O)COc2ccc(CC(N)=O)cc2)[C@H]2CCCC[C@@H]12. The van der Waals surface area contributed by atoms with Gasteiger partial charge in [-0.15, -0.1) is 0 Å². The molecule has 2 N–H and O–H groups in total. The molecule has 1 saturated heterocycles. The summed E-state index contributed by atoms with van der Waals surface area (Å²) in [5.74, 6) is 1.75. The molecule has 1 aromatic rings. The number of hydrogen-bond acceptors (Lipinski definition) is 3. The maximum absolute atomic E-state index is 12.7. The predicted octanol–water partition coefficient (Wildman–Crippen LogP) is 2.52. The van der Waals surface area contributed by atoms with Crippen LogP contribution in [0.15, 0.2) is 24.3 Å². The summed E-state index contributed by atoms with van der Waals surface area (Å²) in [5.41, 5.74) is 6.03. The van der Waals surface area contributed by atoms with Gasteiger partial charge in [0.2, 0.25) is 5.91 Å². The van der Waals surface area contributed by atoms with Crippen molar-refractivity contribution in [1.29, 1.82) is 0 Å². The summed E-state index contributed by atoms with van der Waals surface area (Å²) in [5, 5.41) is 0. The standard InChI is InChI=1S/C20H28N2O3/c1-14-10-11-22(18-5-3-2-4-17(14)18)20(24)13-25-16-8-6-15(7-9-16)12-19(21)23/h6-9,14,17-18H,2-5,10-13H2,1H3,(H2,21,23)/t14-,17+,18+/m1/s1. The molecular formula is C20H28N2O3. The maximum Gasteiger partial charge on any atom is 0.260 e. The highest BCUT2D eigenvalue weighted by molar-refractivity contribution is 5.78. The molecule has 3 rings (SSSR count). The van der Waals surface area contributed by atoms with Gasteiger partial charge in [0.15, 0.2) is 6.61 Å². The molecule has 5 heteroatoms. The van der Waals surface area contributed by atoms with Crippen molar-refractivity contribution in [3.05, 3.63) is 29.8 Å². The van der Waals surface area contributed by atoms with E-state index in [0.717, 1.165) is 24.9 Å². The number of nitrogens with zero attached hydrogens (tertiary/aromatic N) is 1. The molecule has 2 amide bonds. The molecule has 1 aliphatic heterocycles. The number of carbonyl (C=O) groups is 2. The van der Waals surface area contributed by atoms with Crippen molar-refractivity contribution < 1.29 is 14.3 Å². The number of carbonyl (C=O) groups excluding carboxylic acids is 2. The van der Waals surface area contributed by atoms with Crippen LogP contribution >= 0.6 is 0 Å². The number of hydrogen-bond donors (Lipinski definition) is 1. The Morgan fingerprint density at radius 2 is 1.88 bits per heavy atom. The Labute approximate surface area is 149 Å². The molecule has 0 bridgehead atoms. The summed E-state index contributed by atoms with van der Waals surface area (Å²) in [6, 6.07) is 7.58. The van der Waals surface area contributed by atoms with E-state index in [1.807, 2.05) is 12.1 Å². The molecule has 5 nitrogen and oxygen atoms in total. The first-order valence-corrected chi connectivity index (χ1v) is 9.34. The van der Waals surface area contributed by atoms with E-state index in [4.69, 9.17) is 10.5 Å². The largest absolute Gasteiger partial charge is 0.484 e. The van der Waals surface area contributed by atoms with Crippen molar-refractivity contribution >= 4 is 11.8 Å². The molecular weight excluding hydrogens is 316 g/mol. The highest BCUT2D eigenvalue weighted by Crippen LogP contribution is 2.38. The van der Waals surface area contributed by atoms with E-state index in [9.17, 15) is 9.59 Å². The minimum atomic E-state index is -0.356. The molecule has 0 unspecified atom stereocenters. The Morgan fingerprint density at radius 3 is 2.60 bits per heavy atom. The van der Waals surface area contributed by atoms with E-state index in [-0.39, 0.29) is 24.8 Å². The second kappa shape index (κ2) is 7.89. The number of likely N-dealkylation sites (tertiary alicyclic amines) is 1. The fourth-order valence-corrected chi connectivity index (χ4v) is 4.36. The van der Waals surface area contributed by atoms with Crippen molar-refractivity contribution in [3.63, 3.8) is 0 Å². The van der Waals surface area contributed by atoms with Crippen molar-refractivity contribution in [2.45, 2.75) is 51.5 Å². The van der Waals surface area contributed by atoms with E-state index in [2.05, 4.69) is 11.8 Å². The summed E-state index contributed by atoms with van der Waals surface area (Å²) in [4.78, 5) is 25.7. The first-order valence-electron chi connectivity index (χ1n) is 9.34. The molecule has 136 valence electrons. The smallest absolute Gasteiger partial charge is 0.260 e. The first kappa shape index (κ1) is 17.8. The van der Waals surface area contributed by atoms with Gasteiger partial charge in [0.25, 0.3) is 5.91 Å².